The van der Waals surface area contributed by atoms with Crippen molar-refractivity contribution in [1.82, 2.24) is 4.98 Å². The lowest BCUT2D eigenvalue weighted by molar-refractivity contribution is 0.0583. The Morgan fingerprint density at radius 2 is 1.79 bits per heavy atom. The monoisotopic (exact) mass is 389 g/mol. The van der Waals surface area contributed by atoms with Crippen molar-refractivity contribution >= 4 is 22.7 Å². The zero-order chi connectivity index (χ0) is 21.3. The standard InChI is InChI=1S/C24H27N3O2/c1-7-27(23(28)29-24(4,5)6)22-19-13-17(14-25)8-9-20(19)26-21(22)18-11-15(2)10-16(3)12-18/h8-13,26H,7H2,1-6H3. The molecule has 0 saturated carbocycles. The number of carbonyl (C=O) groups is 1. The number of nitrogens with one attached hydrogen (secondary N) is 1. The lowest BCUT2D eigenvalue weighted by Crippen LogP contribution is -2.37. The summed E-state index contributed by atoms with van der Waals surface area (Å²) < 4.78 is 5.67. The summed E-state index contributed by atoms with van der Waals surface area (Å²) in [5.41, 5.74) is 5.67. The third kappa shape index (κ3) is 4.27. The van der Waals surface area contributed by atoms with Crippen LogP contribution in [0.3, 0.4) is 0 Å². The van der Waals surface area contributed by atoms with Crippen molar-refractivity contribution in [3.63, 3.8) is 0 Å². The normalized spacial score (nSPS) is 11.3. The second-order valence-corrected chi connectivity index (χ2v) is 8.32. The topological polar surface area (TPSA) is 69.1 Å². The molecular weight excluding hydrogens is 362 g/mol. The fourth-order valence-electron chi connectivity index (χ4n) is 3.55. The van der Waals surface area contributed by atoms with E-state index in [1.54, 1.807) is 11.0 Å². The number of nitrogens with zero attached hydrogens (tertiary/aromatic N) is 2. The number of hydrogen-bond donors (Lipinski definition) is 1. The first-order valence-electron chi connectivity index (χ1n) is 9.78. The lowest BCUT2D eigenvalue weighted by Gasteiger charge is -2.27. The predicted octanol–water partition coefficient (Wildman–Crippen LogP) is 6.08. The van der Waals surface area contributed by atoms with Gasteiger partial charge in [0.15, 0.2) is 0 Å². The minimum absolute atomic E-state index is 0.408. The van der Waals surface area contributed by atoms with Crippen LogP contribution in [-0.2, 0) is 4.74 Å². The summed E-state index contributed by atoms with van der Waals surface area (Å²) in [5.74, 6) is 0. The number of aromatic amines is 1. The Morgan fingerprint density at radius 1 is 1.14 bits per heavy atom. The molecular formula is C24H27N3O2. The highest BCUT2D eigenvalue weighted by Crippen LogP contribution is 2.39. The molecule has 0 aliphatic heterocycles. The van der Waals surface area contributed by atoms with Gasteiger partial charge in [0.2, 0.25) is 0 Å². The molecule has 0 unspecified atom stereocenters. The van der Waals surface area contributed by atoms with Crippen LogP contribution in [0.25, 0.3) is 22.2 Å². The second-order valence-electron chi connectivity index (χ2n) is 8.32. The van der Waals surface area contributed by atoms with Crippen molar-refractivity contribution in [2.75, 3.05) is 11.4 Å². The van der Waals surface area contributed by atoms with Crippen molar-refractivity contribution in [2.45, 2.75) is 47.1 Å². The third-order valence-electron chi connectivity index (χ3n) is 4.61. The predicted molar refractivity (Wildman–Crippen MR) is 117 cm³/mol. The summed E-state index contributed by atoms with van der Waals surface area (Å²) in [7, 11) is 0. The number of benzene rings is 2. The molecule has 3 rings (SSSR count). The SMILES string of the molecule is CCN(C(=O)OC(C)(C)C)c1c(-c2cc(C)cc(C)c2)[nH]c2ccc(C#N)cc12. The molecule has 0 atom stereocenters. The molecule has 0 fully saturated rings. The number of fused-ring (bicyclic) bond motifs is 1. The number of H-pyrrole nitrogens is 1. The Bertz CT molecular complexity index is 1090. The van der Waals surface area contributed by atoms with Crippen LogP contribution in [0.1, 0.15) is 44.4 Å². The molecule has 1 N–H and O–H groups in total. The molecule has 1 amide bonds. The highest BCUT2D eigenvalue weighted by atomic mass is 16.6. The number of aryl methyl sites for hydroxylation is 2. The summed E-state index contributed by atoms with van der Waals surface area (Å²) in [6, 6.07) is 14.0. The number of nitriles is 1. The Hall–Kier alpha value is -3.26. The smallest absolute Gasteiger partial charge is 0.414 e. The molecule has 0 saturated heterocycles. The van der Waals surface area contributed by atoms with Crippen LogP contribution in [0.15, 0.2) is 36.4 Å². The summed E-state index contributed by atoms with van der Waals surface area (Å²) in [5, 5.41) is 10.2. The third-order valence-corrected chi connectivity index (χ3v) is 4.61. The minimum Gasteiger partial charge on any atom is -0.443 e. The fourth-order valence-corrected chi connectivity index (χ4v) is 3.55. The quantitative estimate of drug-likeness (QED) is 0.590. The number of hydrogen-bond acceptors (Lipinski definition) is 3. The Labute approximate surface area is 171 Å². The molecule has 0 radical (unpaired) electrons. The van der Waals surface area contributed by atoms with Crippen molar-refractivity contribution in [3.05, 3.63) is 53.1 Å². The molecule has 0 aliphatic rings. The van der Waals surface area contributed by atoms with Gasteiger partial charge in [0.25, 0.3) is 0 Å². The van der Waals surface area contributed by atoms with Gasteiger partial charge in [-0.3, -0.25) is 4.90 Å². The zero-order valence-corrected chi connectivity index (χ0v) is 17.9. The van der Waals surface area contributed by atoms with Crippen LogP contribution < -0.4 is 4.90 Å². The molecule has 0 spiro atoms. The largest absolute Gasteiger partial charge is 0.443 e. The molecule has 150 valence electrons. The average Bonchev–Trinajstić information content (AvgIpc) is 2.98. The Morgan fingerprint density at radius 3 is 2.34 bits per heavy atom. The van der Waals surface area contributed by atoms with Crippen LogP contribution in [0, 0.1) is 25.2 Å². The fraction of sp³-hybridized carbons (Fsp3) is 0.333. The molecule has 3 aromatic rings. The molecule has 2 aromatic carbocycles. The average molecular weight is 389 g/mol. The van der Waals surface area contributed by atoms with Gasteiger partial charge in [-0.15, -0.1) is 0 Å². The maximum atomic E-state index is 13.0. The first kappa shape index (κ1) is 20.5. The van der Waals surface area contributed by atoms with E-state index in [0.717, 1.165) is 39.0 Å². The van der Waals surface area contributed by atoms with Gasteiger partial charge in [-0.1, -0.05) is 17.2 Å². The van der Waals surface area contributed by atoms with Gasteiger partial charge < -0.3 is 9.72 Å². The highest BCUT2D eigenvalue weighted by molar-refractivity contribution is 6.08. The van der Waals surface area contributed by atoms with Crippen LogP contribution in [0.2, 0.25) is 0 Å². The number of ether oxygens (including phenoxy) is 1. The van der Waals surface area contributed by atoms with E-state index in [0.29, 0.717) is 12.1 Å². The van der Waals surface area contributed by atoms with Crippen molar-refractivity contribution in [2.24, 2.45) is 0 Å². The van der Waals surface area contributed by atoms with Gasteiger partial charge in [0, 0.05) is 23.0 Å². The summed E-state index contributed by atoms with van der Waals surface area (Å²) >= 11 is 0. The maximum Gasteiger partial charge on any atom is 0.414 e. The first-order chi connectivity index (χ1) is 13.6. The zero-order valence-electron chi connectivity index (χ0n) is 17.9. The van der Waals surface area contributed by atoms with Crippen molar-refractivity contribution < 1.29 is 9.53 Å². The molecule has 0 aliphatic carbocycles. The molecule has 29 heavy (non-hydrogen) atoms. The summed E-state index contributed by atoms with van der Waals surface area (Å²) in [4.78, 5) is 18.1. The van der Waals surface area contributed by atoms with Crippen LogP contribution in [0.4, 0.5) is 10.5 Å². The van der Waals surface area contributed by atoms with E-state index < -0.39 is 11.7 Å². The Kier molecular flexibility index (Phi) is 5.39. The molecule has 0 bridgehead atoms. The van der Waals surface area contributed by atoms with Gasteiger partial charge in [-0.2, -0.15) is 5.26 Å². The van der Waals surface area contributed by atoms with E-state index in [1.807, 2.05) is 39.8 Å². The number of amides is 1. The van der Waals surface area contributed by atoms with Crippen molar-refractivity contribution in [1.29, 1.82) is 5.26 Å². The maximum absolute atomic E-state index is 13.0. The lowest BCUT2D eigenvalue weighted by atomic mass is 10.0. The van der Waals surface area contributed by atoms with Crippen molar-refractivity contribution in [3.8, 4) is 17.3 Å². The van der Waals surface area contributed by atoms with E-state index >= 15 is 0 Å². The molecule has 1 heterocycles. The summed E-state index contributed by atoms with van der Waals surface area (Å²) in [6.07, 6.45) is -0.408. The molecule has 5 heteroatoms. The van der Waals surface area contributed by atoms with E-state index in [9.17, 15) is 10.1 Å². The van der Waals surface area contributed by atoms with E-state index in [4.69, 9.17) is 4.74 Å². The highest BCUT2D eigenvalue weighted by Gasteiger charge is 2.27. The van der Waals surface area contributed by atoms with Gasteiger partial charge in [0.05, 0.1) is 23.0 Å². The first-order valence-corrected chi connectivity index (χ1v) is 9.78. The van der Waals surface area contributed by atoms with E-state index in [-0.39, 0.29) is 0 Å². The van der Waals surface area contributed by atoms with Gasteiger partial charge in [0.1, 0.15) is 5.60 Å². The van der Waals surface area contributed by atoms with Crippen LogP contribution in [-0.4, -0.2) is 23.2 Å². The Balaban J connectivity index is 2.29. The number of carbonyl (C=O) groups excluding carboxylic acids is 1. The molecule has 1 aromatic heterocycles. The number of rotatable bonds is 3. The minimum atomic E-state index is -0.603. The second kappa shape index (κ2) is 7.63. The van der Waals surface area contributed by atoms with E-state index in [1.165, 1.54) is 0 Å². The number of anilines is 1. The van der Waals surface area contributed by atoms with Gasteiger partial charge in [-0.25, -0.2) is 4.79 Å². The molecule has 5 nitrogen and oxygen atoms in total. The van der Waals surface area contributed by atoms with Gasteiger partial charge >= 0.3 is 6.09 Å². The van der Waals surface area contributed by atoms with E-state index in [2.05, 4.69) is 43.1 Å². The van der Waals surface area contributed by atoms with Crippen LogP contribution in [0.5, 0.6) is 0 Å². The summed E-state index contributed by atoms with van der Waals surface area (Å²) in [6.45, 7) is 12.0. The number of aromatic nitrogens is 1. The van der Waals surface area contributed by atoms with Gasteiger partial charge in [-0.05, 0) is 71.9 Å². The van der Waals surface area contributed by atoms with Crippen LogP contribution >= 0.6 is 0 Å².